The van der Waals surface area contributed by atoms with Gasteiger partial charge < -0.3 is 25.0 Å². The molecular weight excluding hydrogens is 346 g/mol. The highest BCUT2D eigenvalue weighted by atomic mass is 16.5. The van der Waals surface area contributed by atoms with Crippen LogP contribution in [0.1, 0.15) is 25.3 Å². The molecule has 0 bridgehead atoms. The van der Waals surface area contributed by atoms with Crippen molar-refractivity contribution < 1.29 is 19.1 Å². The molecule has 0 aliphatic carbocycles. The molecule has 2 aliphatic rings. The first-order valence-electron chi connectivity index (χ1n) is 9.58. The lowest BCUT2D eigenvalue weighted by Crippen LogP contribution is -2.62. The first-order chi connectivity index (χ1) is 12.9. The number of rotatable bonds is 4. The zero-order valence-electron chi connectivity index (χ0n) is 16.1. The summed E-state index contributed by atoms with van der Waals surface area (Å²) in [5.74, 6) is 0.637. The number of hydrogen-bond acceptors (Lipinski definition) is 5. The molecule has 2 amide bonds. The highest BCUT2D eigenvalue weighted by Gasteiger charge is 2.40. The van der Waals surface area contributed by atoms with E-state index in [2.05, 4.69) is 0 Å². The van der Waals surface area contributed by atoms with Crippen molar-refractivity contribution in [2.24, 2.45) is 5.73 Å². The number of piperazine rings is 1. The van der Waals surface area contributed by atoms with Gasteiger partial charge >= 0.3 is 0 Å². The van der Waals surface area contributed by atoms with Crippen molar-refractivity contribution >= 4 is 11.8 Å². The van der Waals surface area contributed by atoms with Crippen LogP contribution in [0.3, 0.4) is 0 Å². The van der Waals surface area contributed by atoms with Crippen LogP contribution in [0.2, 0.25) is 0 Å². The van der Waals surface area contributed by atoms with Gasteiger partial charge in [0, 0.05) is 39.4 Å². The van der Waals surface area contributed by atoms with Crippen molar-refractivity contribution in [1.29, 1.82) is 0 Å². The Hall–Kier alpha value is -2.12. The van der Waals surface area contributed by atoms with Gasteiger partial charge in [-0.15, -0.1) is 0 Å². The van der Waals surface area contributed by atoms with Gasteiger partial charge in [-0.2, -0.15) is 0 Å². The third-order valence-electron chi connectivity index (χ3n) is 5.43. The molecule has 0 aromatic heterocycles. The van der Waals surface area contributed by atoms with Crippen molar-refractivity contribution in [3.8, 4) is 5.75 Å². The van der Waals surface area contributed by atoms with E-state index in [0.717, 1.165) is 11.3 Å². The Balaban J connectivity index is 1.53. The minimum atomic E-state index is -0.828. The lowest BCUT2D eigenvalue weighted by Gasteiger charge is -2.41. The molecule has 0 spiro atoms. The van der Waals surface area contributed by atoms with Gasteiger partial charge in [-0.25, -0.2) is 0 Å². The number of benzene rings is 1. The smallest absolute Gasteiger partial charge is 0.263 e. The van der Waals surface area contributed by atoms with E-state index in [9.17, 15) is 9.59 Å². The minimum Gasteiger partial charge on any atom is -0.481 e. The second kappa shape index (κ2) is 8.27. The van der Waals surface area contributed by atoms with E-state index in [4.69, 9.17) is 15.2 Å². The van der Waals surface area contributed by atoms with Crippen molar-refractivity contribution in [2.45, 2.75) is 38.3 Å². The fourth-order valence-corrected chi connectivity index (χ4v) is 3.58. The zero-order chi connectivity index (χ0) is 19.4. The van der Waals surface area contributed by atoms with Crippen molar-refractivity contribution in [2.75, 3.05) is 39.4 Å². The molecule has 2 aliphatic heterocycles. The van der Waals surface area contributed by atoms with Crippen LogP contribution in [0, 0.1) is 6.92 Å². The minimum absolute atomic E-state index is 0.0258. The van der Waals surface area contributed by atoms with Crippen molar-refractivity contribution in [3.63, 3.8) is 0 Å². The van der Waals surface area contributed by atoms with Crippen LogP contribution in [-0.4, -0.2) is 72.6 Å². The molecule has 27 heavy (non-hydrogen) atoms. The Morgan fingerprint density at radius 1 is 1.11 bits per heavy atom. The number of ether oxygens (including phenoxy) is 2. The molecule has 2 saturated heterocycles. The molecule has 7 heteroatoms. The van der Waals surface area contributed by atoms with Gasteiger partial charge in [0.1, 0.15) is 5.75 Å². The second-order valence-electron chi connectivity index (χ2n) is 7.41. The summed E-state index contributed by atoms with van der Waals surface area (Å²) in [6, 6.07) is 7.65. The first kappa shape index (κ1) is 19.6. The maximum Gasteiger partial charge on any atom is 0.263 e. The number of para-hydroxylation sites is 1. The zero-order valence-corrected chi connectivity index (χ0v) is 16.1. The largest absolute Gasteiger partial charge is 0.481 e. The lowest BCUT2D eigenvalue weighted by atomic mass is 9.89. The Labute approximate surface area is 160 Å². The molecule has 2 N–H and O–H groups in total. The second-order valence-corrected chi connectivity index (χ2v) is 7.41. The van der Waals surface area contributed by atoms with Crippen molar-refractivity contribution in [3.05, 3.63) is 29.8 Å². The molecule has 2 heterocycles. The molecular formula is C20H29N3O4. The summed E-state index contributed by atoms with van der Waals surface area (Å²) in [7, 11) is 0. The van der Waals surface area contributed by atoms with Crippen LogP contribution < -0.4 is 10.5 Å². The molecule has 1 atom stereocenters. The number of carbonyl (C=O) groups excluding carboxylic acids is 2. The molecule has 0 saturated carbocycles. The Morgan fingerprint density at radius 2 is 1.70 bits per heavy atom. The standard InChI is InChI=1S/C20H29N3O4/c1-15-5-3-4-6-17(15)27-16(2)18(24)22-9-11-23(12-10-22)19(25)20(21)7-13-26-14-8-20/h3-6,16H,7-14,21H2,1-2H3. The number of aryl methyl sites for hydroxylation is 1. The Bertz CT molecular complexity index is 680. The predicted octanol–water partition coefficient (Wildman–Crippen LogP) is 0.941. The SMILES string of the molecule is Cc1ccccc1OC(C)C(=O)N1CCN(C(=O)C2(N)CCOCC2)CC1. The molecule has 2 fully saturated rings. The van der Waals surface area contributed by atoms with Crippen LogP contribution >= 0.6 is 0 Å². The van der Waals surface area contributed by atoms with Gasteiger partial charge in [0.15, 0.2) is 6.10 Å². The van der Waals surface area contributed by atoms with Gasteiger partial charge in [0.05, 0.1) is 5.54 Å². The maximum atomic E-state index is 12.8. The summed E-state index contributed by atoms with van der Waals surface area (Å²) in [6.45, 7) is 6.77. The maximum absolute atomic E-state index is 12.8. The predicted molar refractivity (Wildman–Crippen MR) is 101 cm³/mol. The van der Waals surface area contributed by atoms with Crippen LogP contribution in [0.25, 0.3) is 0 Å². The number of nitrogens with zero attached hydrogens (tertiary/aromatic N) is 2. The first-order valence-corrected chi connectivity index (χ1v) is 9.58. The molecule has 1 aromatic rings. The van der Waals surface area contributed by atoms with E-state index in [-0.39, 0.29) is 11.8 Å². The molecule has 0 radical (unpaired) electrons. The Kier molecular flexibility index (Phi) is 6.01. The number of amides is 2. The number of hydrogen-bond donors (Lipinski definition) is 1. The van der Waals surface area contributed by atoms with Gasteiger partial charge in [0.2, 0.25) is 5.91 Å². The van der Waals surface area contributed by atoms with E-state index in [0.29, 0.717) is 52.2 Å². The van der Waals surface area contributed by atoms with E-state index < -0.39 is 11.6 Å². The van der Waals surface area contributed by atoms with Gasteiger partial charge in [0.25, 0.3) is 5.91 Å². The fraction of sp³-hybridized carbons (Fsp3) is 0.600. The van der Waals surface area contributed by atoms with Gasteiger partial charge in [-0.3, -0.25) is 9.59 Å². The molecule has 3 rings (SSSR count). The summed E-state index contributed by atoms with van der Waals surface area (Å²) in [5.41, 5.74) is 6.47. The van der Waals surface area contributed by atoms with Crippen LogP contribution in [0.15, 0.2) is 24.3 Å². The van der Waals surface area contributed by atoms with Gasteiger partial charge in [-0.05, 0) is 38.3 Å². The normalized spacial score (nSPS) is 20.9. The third-order valence-corrected chi connectivity index (χ3v) is 5.43. The van der Waals surface area contributed by atoms with Crippen LogP contribution in [-0.2, 0) is 14.3 Å². The lowest BCUT2D eigenvalue weighted by molar-refractivity contribution is -0.147. The summed E-state index contributed by atoms with van der Waals surface area (Å²) in [6.07, 6.45) is 0.531. The van der Waals surface area contributed by atoms with E-state index in [1.165, 1.54) is 0 Å². The summed E-state index contributed by atoms with van der Waals surface area (Å²) in [4.78, 5) is 29.0. The van der Waals surface area contributed by atoms with Gasteiger partial charge in [-0.1, -0.05) is 18.2 Å². The third kappa shape index (κ3) is 4.42. The number of nitrogens with two attached hydrogens (primary N) is 1. The molecule has 148 valence electrons. The van der Waals surface area contributed by atoms with Crippen LogP contribution in [0.4, 0.5) is 0 Å². The number of carbonyl (C=O) groups is 2. The van der Waals surface area contributed by atoms with E-state index in [1.54, 1.807) is 16.7 Å². The topological polar surface area (TPSA) is 85.1 Å². The van der Waals surface area contributed by atoms with E-state index >= 15 is 0 Å². The average molecular weight is 375 g/mol. The summed E-state index contributed by atoms with van der Waals surface area (Å²) >= 11 is 0. The molecule has 7 nitrogen and oxygen atoms in total. The summed E-state index contributed by atoms with van der Waals surface area (Å²) < 4.78 is 11.2. The summed E-state index contributed by atoms with van der Waals surface area (Å²) in [5, 5.41) is 0. The molecule has 1 aromatic carbocycles. The van der Waals surface area contributed by atoms with Crippen molar-refractivity contribution in [1.82, 2.24) is 9.80 Å². The van der Waals surface area contributed by atoms with Crippen LogP contribution in [0.5, 0.6) is 5.75 Å². The monoisotopic (exact) mass is 375 g/mol. The fourth-order valence-electron chi connectivity index (χ4n) is 3.58. The quantitative estimate of drug-likeness (QED) is 0.847. The average Bonchev–Trinajstić information content (AvgIpc) is 2.69. The van der Waals surface area contributed by atoms with E-state index in [1.807, 2.05) is 31.2 Å². The Morgan fingerprint density at radius 3 is 2.33 bits per heavy atom. The molecule has 1 unspecified atom stereocenters. The highest BCUT2D eigenvalue weighted by molar-refractivity contribution is 5.87. The highest BCUT2D eigenvalue weighted by Crippen LogP contribution is 2.22.